The molecule has 152 valence electrons. The van der Waals surface area contributed by atoms with Gasteiger partial charge in [0.1, 0.15) is 11.5 Å². The fourth-order valence-corrected chi connectivity index (χ4v) is 3.48. The highest BCUT2D eigenvalue weighted by molar-refractivity contribution is 7.27. The van der Waals surface area contributed by atoms with Crippen LogP contribution < -0.4 is 9.05 Å². The summed E-state index contributed by atoms with van der Waals surface area (Å²) < 4.78 is 11.2. The van der Waals surface area contributed by atoms with Gasteiger partial charge < -0.3 is 9.05 Å². The second-order valence-electron chi connectivity index (χ2n) is 6.73. The van der Waals surface area contributed by atoms with Gasteiger partial charge in [0.15, 0.2) is 11.6 Å². The van der Waals surface area contributed by atoms with Gasteiger partial charge in [0.2, 0.25) is 0 Å². The number of benzene rings is 4. The molecule has 0 aliphatic rings. The predicted octanol–water partition coefficient (Wildman–Crippen LogP) is 6.11. The molecule has 4 aromatic rings. The van der Waals surface area contributed by atoms with Crippen molar-refractivity contribution >= 4 is 20.6 Å². The lowest BCUT2D eigenvalue weighted by molar-refractivity contribution is 0.103. The van der Waals surface area contributed by atoms with Gasteiger partial charge in [-0.1, -0.05) is 60.7 Å². The van der Waals surface area contributed by atoms with Crippen molar-refractivity contribution in [1.29, 1.82) is 0 Å². The minimum atomic E-state index is -0.254. The van der Waals surface area contributed by atoms with Crippen LogP contribution in [0.25, 0.3) is 0 Å². The standard InChI is InChI=1S/C26H19O4P/c27-25(19-7-3-1-4-8-19)21-11-15-23(16-12-21)29-31-30-24-17-13-22(14-18-24)26(28)20-9-5-2-6-10-20/h1-18,31H. The fraction of sp³-hybridized carbons (Fsp3) is 0. The molecule has 0 amide bonds. The molecule has 4 aromatic carbocycles. The molecule has 0 spiro atoms. The van der Waals surface area contributed by atoms with E-state index in [1.807, 2.05) is 36.4 Å². The molecule has 0 unspecified atom stereocenters. The third-order valence-corrected chi connectivity index (χ3v) is 5.26. The van der Waals surface area contributed by atoms with Gasteiger partial charge in [-0.2, -0.15) is 0 Å². The van der Waals surface area contributed by atoms with E-state index in [4.69, 9.17) is 9.05 Å². The number of hydrogen-bond donors (Lipinski definition) is 0. The Kier molecular flexibility index (Phi) is 6.51. The summed E-state index contributed by atoms with van der Waals surface area (Å²) in [5.41, 5.74) is 2.49. The van der Waals surface area contributed by atoms with Crippen LogP contribution in [0, 0.1) is 0 Å². The number of rotatable bonds is 8. The van der Waals surface area contributed by atoms with Crippen LogP contribution in [0.15, 0.2) is 109 Å². The first-order valence-corrected chi connectivity index (χ1v) is 10.5. The van der Waals surface area contributed by atoms with Gasteiger partial charge in [0, 0.05) is 22.3 Å². The lowest BCUT2D eigenvalue weighted by atomic mass is 10.0. The molecule has 5 heteroatoms. The molecule has 4 nitrogen and oxygen atoms in total. The van der Waals surface area contributed by atoms with Crippen LogP contribution >= 0.6 is 9.03 Å². The first-order chi connectivity index (χ1) is 15.2. The maximum absolute atomic E-state index is 12.4. The Morgan fingerprint density at radius 1 is 0.452 bits per heavy atom. The van der Waals surface area contributed by atoms with E-state index >= 15 is 0 Å². The van der Waals surface area contributed by atoms with Crippen molar-refractivity contribution in [3.63, 3.8) is 0 Å². The Morgan fingerprint density at radius 2 is 0.774 bits per heavy atom. The van der Waals surface area contributed by atoms with E-state index < -0.39 is 0 Å². The van der Waals surface area contributed by atoms with Crippen molar-refractivity contribution < 1.29 is 18.6 Å². The van der Waals surface area contributed by atoms with Crippen LogP contribution in [0.2, 0.25) is 0 Å². The first-order valence-electron chi connectivity index (χ1n) is 9.69. The monoisotopic (exact) mass is 426 g/mol. The topological polar surface area (TPSA) is 52.6 Å². The van der Waals surface area contributed by atoms with E-state index in [2.05, 4.69) is 0 Å². The fourth-order valence-electron chi connectivity index (χ4n) is 2.98. The zero-order valence-electron chi connectivity index (χ0n) is 16.5. The molecular weight excluding hydrogens is 407 g/mol. The van der Waals surface area contributed by atoms with Crippen molar-refractivity contribution in [3.8, 4) is 11.5 Å². The van der Waals surface area contributed by atoms with Gasteiger partial charge >= 0.3 is 0 Å². The highest BCUT2D eigenvalue weighted by Gasteiger charge is 2.10. The lowest BCUT2D eigenvalue weighted by Crippen LogP contribution is -2.00. The van der Waals surface area contributed by atoms with Crippen molar-refractivity contribution in [2.75, 3.05) is 0 Å². The summed E-state index contributed by atoms with van der Waals surface area (Å²) in [5.74, 6) is 1.16. The minimum Gasteiger partial charge on any atom is -0.441 e. The Balaban J connectivity index is 1.30. The summed E-state index contributed by atoms with van der Waals surface area (Å²) in [6.45, 7) is 0. The zero-order chi connectivity index (χ0) is 21.5. The van der Waals surface area contributed by atoms with E-state index in [-0.39, 0.29) is 20.6 Å². The van der Waals surface area contributed by atoms with Crippen LogP contribution in [0.1, 0.15) is 31.8 Å². The summed E-state index contributed by atoms with van der Waals surface area (Å²) in [6, 6.07) is 32.2. The van der Waals surface area contributed by atoms with Gasteiger partial charge in [0.05, 0.1) is 0 Å². The zero-order valence-corrected chi connectivity index (χ0v) is 17.5. The third kappa shape index (κ3) is 5.25. The van der Waals surface area contributed by atoms with Gasteiger partial charge in [0.25, 0.3) is 9.03 Å². The van der Waals surface area contributed by atoms with Crippen molar-refractivity contribution in [3.05, 3.63) is 131 Å². The third-order valence-electron chi connectivity index (χ3n) is 4.62. The molecule has 0 aliphatic heterocycles. The molecular formula is C26H19O4P. The number of carbonyl (C=O) groups excluding carboxylic acids is 2. The highest BCUT2D eigenvalue weighted by atomic mass is 31.1. The number of ketones is 2. The molecule has 0 bridgehead atoms. The summed E-state index contributed by atoms with van der Waals surface area (Å²) in [5, 5.41) is 0. The van der Waals surface area contributed by atoms with Crippen LogP contribution in [0.4, 0.5) is 0 Å². The summed E-state index contributed by atoms with van der Waals surface area (Å²) in [7, 11) is -0.254. The Labute approximate surface area is 182 Å². The quantitative estimate of drug-likeness (QED) is 0.252. The molecule has 0 N–H and O–H groups in total. The second-order valence-corrected chi connectivity index (χ2v) is 7.30. The molecule has 0 radical (unpaired) electrons. The molecule has 0 saturated carbocycles. The van der Waals surface area contributed by atoms with Gasteiger partial charge in [-0.25, -0.2) is 0 Å². The molecule has 0 aromatic heterocycles. The van der Waals surface area contributed by atoms with Gasteiger partial charge in [-0.05, 0) is 48.5 Å². The van der Waals surface area contributed by atoms with E-state index in [0.29, 0.717) is 33.8 Å². The average Bonchev–Trinajstić information content (AvgIpc) is 2.85. The maximum atomic E-state index is 12.4. The van der Waals surface area contributed by atoms with E-state index in [1.165, 1.54) is 0 Å². The van der Waals surface area contributed by atoms with Crippen LogP contribution in [0.3, 0.4) is 0 Å². The highest BCUT2D eigenvalue weighted by Crippen LogP contribution is 2.26. The summed E-state index contributed by atoms with van der Waals surface area (Å²) in [4.78, 5) is 24.9. The van der Waals surface area contributed by atoms with Gasteiger partial charge in [-0.15, -0.1) is 0 Å². The second kappa shape index (κ2) is 9.84. The smallest absolute Gasteiger partial charge is 0.275 e. The summed E-state index contributed by atoms with van der Waals surface area (Å²) in [6.07, 6.45) is 0. The Bertz CT molecular complexity index is 1060. The molecule has 0 aliphatic carbocycles. The van der Waals surface area contributed by atoms with Crippen molar-refractivity contribution in [1.82, 2.24) is 0 Å². The normalized spacial score (nSPS) is 10.3. The molecule has 0 heterocycles. The van der Waals surface area contributed by atoms with E-state index in [1.54, 1.807) is 72.8 Å². The van der Waals surface area contributed by atoms with Crippen molar-refractivity contribution in [2.24, 2.45) is 0 Å². The maximum Gasteiger partial charge on any atom is 0.275 e. The van der Waals surface area contributed by atoms with Crippen molar-refractivity contribution in [2.45, 2.75) is 0 Å². The van der Waals surface area contributed by atoms with Crippen LogP contribution in [-0.2, 0) is 0 Å². The Hall–Kier alpha value is -3.75. The molecule has 0 atom stereocenters. The molecule has 4 rings (SSSR count). The molecule has 0 fully saturated rings. The Morgan fingerprint density at radius 3 is 1.13 bits per heavy atom. The largest absolute Gasteiger partial charge is 0.441 e. The minimum absolute atomic E-state index is 0.0315. The first kappa shape index (κ1) is 20.5. The SMILES string of the molecule is O=C(c1ccccc1)c1ccc(OPOc2ccc(C(=O)c3ccccc3)cc2)cc1. The van der Waals surface area contributed by atoms with E-state index in [9.17, 15) is 9.59 Å². The molecule has 31 heavy (non-hydrogen) atoms. The predicted molar refractivity (Wildman–Crippen MR) is 122 cm³/mol. The molecule has 0 saturated heterocycles. The van der Waals surface area contributed by atoms with Gasteiger partial charge in [-0.3, -0.25) is 9.59 Å². The van der Waals surface area contributed by atoms with Crippen LogP contribution in [-0.4, -0.2) is 11.6 Å². The number of carbonyl (C=O) groups is 2. The lowest BCUT2D eigenvalue weighted by Gasteiger charge is -2.08. The average molecular weight is 426 g/mol. The number of hydrogen-bond acceptors (Lipinski definition) is 4. The van der Waals surface area contributed by atoms with Crippen LogP contribution in [0.5, 0.6) is 11.5 Å². The summed E-state index contributed by atoms with van der Waals surface area (Å²) >= 11 is 0. The van der Waals surface area contributed by atoms with E-state index in [0.717, 1.165) is 0 Å².